The Morgan fingerprint density at radius 1 is 1.39 bits per heavy atom. The Morgan fingerprint density at radius 2 is 2.11 bits per heavy atom. The highest BCUT2D eigenvalue weighted by atomic mass is 19.4. The SMILES string of the molecule is CCCCN(CC(F)(F)F)C(=O)c1cnccn1. The number of carbonyl (C=O) groups excluding carboxylic acids is 1. The summed E-state index contributed by atoms with van der Waals surface area (Å²) in [4.78, 5) is 20.0. The highest BCUT2D eigenvalue weighted by molar-refractivity contribution is 5.91. The number of hydrogen-bond donors (Lipinski definition) is 0. The van der Waals surface area contributed by atoms with Gasteiger partial charge in [-0.05, 0) is 6.42 Å². The van der Waals surface area contributed by atoms with Crippen molar-refractivity contribution in [2.75, 3.05) is 13.1 Å². The molecule has 1 amide bonds. The lowest BCUT2D eigenvalue weighted by Crippen LogP contribution is -2.40. The second-order valence-corrected chi connectivity index (χ2v) is 3.79. The molecule has 0 fully saturated rings. The predicted molar refractivity (Wildman–Crippen MR) is 58.9 cm³/mol. The van der Waals surface area contributed by atoms with E-state index in [1.807, 2.05) is 6.92 Å². The summed E-state index contributed by atoms with van der Waals surface area (Å²) in [5, 5.41) is 0. The van der Waals surface area contributed by atoms with Crippen LogP contribution in [0.2, 0.25) is 0 Å². The molecule has 0 aromatic carbocycles. The highest BCUT2D eigenvalue weighted by Gasteiger charge is 2.33. The van der Waals surface area contributed by atoms with Crippen LogP contribution in [-0.2, 0) is 0 Å². The van der Waals surface area contributed by atoms with Crippen molar-refractivity contribution in [1.29, 1.82) is 0 Å². The molecule has 1 aromatic rings. The molecule has 0 aliphatic rings. The van der Waals surface area contributed by atoms with Crippen molar-refractivity contribution in [3.63, 3.8) is 0 Å². The monoisotopic (exact) mass is 261 g/mol. The van der Waals surface area contributed by atoms with Gasteiger partial charge >= 0.3 is 6.18 Å². The van der Waals surface area contributed by atoms with Crippen LogP contribution in [0, 0.1) is 0 Å². The third-order valence-electron chi connectivity index (χ3n) is 2.22. The third-order valence-corrected chi connectivity index (χ3v) is 2.22. The molecule has 0 spiro atoms. The summed E-state index contributed by atoms with van der Waals surface area (Å²) < 4.78 is 37.1. The van der Waals surface area contributed by atoms with Gasteiger partial charge in [0, 0.05) is 18.9 Å². The minimum atomic E-state index is -4.41. The molecule has 100 valence electrons. The van der Waals surface area contributed by atoms with Gasteiger partial charge in [-0.1, -0.05) is 13.3 Å². The van der Waals surface area contributed by atoms with Crippen LogP contribution >= 0.6 is 0 Å². The van der Waals surface area contributed by atoms with E-state index in [2.05, 4.69) is 9.97 Å². The quantitative estimate of drug-likeness (QED) is 0.816. The van der Waals surface area contributed by atoms with Gasteiger partial charge in [-0.2, -0.15) is 13.2 Å². The molecule has 0 aliphatic carbocycles. The van der Waals surface area contributed by atoms with E-state index in [1.54, 1.807) is 0 Å². The summed E-state index contributed by atoms with van der Waals surface area (Å²) in [5.41, 5.74) is -0.0714. The highest BCUT2D eigenvalue weighted by Crippen LogP contribution is 2.18. The van der Waals surface area contributed by atoms with Crippen LogP contribution in [-0.4, -0.2) is 40.0 Å². The van der Waals surface area contributed by atoms with Gasteiger partial charge in [0.25, 0.3) is 5.91 Å². The van der Waals surface area contributed by atoms with E-state index in [0.29, 0.717) is 12.8 Å². The number of rotatable bonds is 5. The van der Waals surface area contributed by atoms with Crippen LogP contribution in [0.15, 0.2) is 18.6 Å². The van der Waals surface area contributed by atoms with E-state index in [-0.39, 0.29) is 12.2 Å². The first-order valence-electron chi connectivity index (χ1n) is 5.56. The molecule has 0 bridgehead atoms. The van der Waals surface area contributed by atoms with Gasteiger partial charge in [0.1, 0.15) is 12.2 Å². The maximum Gasteiger partial charge on any atom is 0.406 e. The van der Waals surface area contributed by atoms with Crippen LogP contribution in [0.4, 0.5) is 13.2 Å². The van der Waals surface area contributed by atoms with E-state index in [9.17, 15) is 18.0 Å². The standard InChI is InChI=1S/C11H14F3N3O/c1-2-3-6-17(8-11(12,13)14)10(18)9-7-15-4-5-16-9/h4-5,7H,2-3,6,8H2,1H3. The van der Waals surface area contributed by atoms with Crippen molar-refractivity contribution in [1.82, 2.24) is 14.9 Å². The summed E-state index contributed by atoms with van der Waals surface area (Å²) in [6, 6.07) is 0. The lowest BCUT2D eigenvalue weighted by atomic mass is 10.3. The van der Waals surface area contributed by atoms with Crippen molar-refractivity contribution >= 4 is 5.91 Å². The van der Waals surface area contributed by atoms with Crippen molar-refractivity contribution in [3.8, 4) is 0 Å². The molecule has 0 N–H and O–H groups in total. The number of unbranched alkanes of at least 4 members (excludes halogenated alkanes) is 1. The van der Waals surface area contributed by atoms with Gasteiger partial charge in [0.05, 0.1) is 6.20 Å². The molecular formula is C11H14F3N3O. The first-order valence-corrected chi connectivity index (χ1v) is 5.56. The molecule has 1 rings (SSSR count). The molecule has 4 nitrogen and oxygen atoms in total. The van der Waals surface area contributed by atoms with Gasteiger partial charge in [-0.25, -0.2) is 4.98 Å². The second-order valence-electron chi connectivity index (χ2n) is 3.79. The molecule has 0 radical (unpaired) electrons. The molecule has 7 heteroatoms. The van der Waals surface area contributed by atoms with Crippen LogP contribution in [0.25, 0.3) is 0 Å². The summed E-state index contributed by atoms with van der Waals surface area (Å²) >= 11 is 0. The van der Waals surface area contributed by atoms with E-state index < -0.39 is 18.6 Å². The largest absolute Gasteiger partial charge is 0.406 e. The zero-order valence-corrected chi connectivity index (χ0v) is 9.94. The lowest BCUT2D eigenvalue weighted by molar-refractivity contribution is -0.140. The van der Waals surface area contributed by atoms with Crippen molar-refractivity contribution < 1.29 is 18.0 Å². The average molecular weight is 261 g/mol. The zero-order valence-electron chi connectivity index (χ0n) is 9.94. The molecule has 0 atom stereocenters. The Bertz CT molecular complexity index is 381. The second kappa shape index (κ2) is 6.32. The number of carbonyl (C=O) groups is 1. The minimum Gasteiger partial charge on any atom is -0.328 e. The summed E-state index contributed by atoms with van der Waals surface area (Å²) in [6.07, 6.45) is 0.614. The third kappa shape index (κ3) is 4.68. The zero-order chi connectivity index (χ0) is 13.6. The Hall–Kier alpha value is -1.66. The lowest BCUT2D eigenvalue weighted by Gasteiger charge is -2.23. The fourth-order valence-corrected chi connectivity index (χ4v) is 1.39. The number of alkyl halides is 3. The predicted octanol–water partition coefficient (Wildman–Crippen LogP) is 2.28. The summed E-state index contributed by atoms with van der Waals surface area (Å²) in [7, 11) is 0. The van der Waals surface area contributed by atoms with E-state index in [1.165, 1.54) is 12.4 Å². The van der Waals surface area contributed by atoms with Gasteiger partial charge in [-0.3, -0.25) is 9.78 Å². The fourth-order valence-electron chi connectivity index (χ4n) is 1.39. The molecule has 0 unspecified atom stereocenters. The summed E-state index contributed by atoms with van der Waals surface area (Å²) in [6.45, 7) is 0.645. The van der Waals surface area contributed by atoms with Gasteiger partial charge < -0.3 is 4.90 Å². The molecule has 18 heavy (non-hydrogen) atoms. The van der Waals surface area contributed by atoms with Crippen molar-refractivity contribution in [3.05, 3.63) is 24.3 Å². The topological polar surface area (TPSA) is 46.1 Å². The Labute approximate surface area is 103 Å². The Kier molecular flexibility index (Phi) is 5.06. The Balaban J connectivity index is 2.79. The molecule has 0 aliphatic heterocycles. The molecular weight excluding hydrogens is 247 g/mol. The van der Waals surface area contributed by atoms with Crippen LogP contribution in [0.1, 0.15) is 30.3 Å². The van der Waals surface area contributed by atoms with E-state index in [0.717, 1.165) is 11.1 Å². The first kappa shape index (κ1) is 14.4. The number of amides is 1. The number of aromatic nitrogens is 2. The maximum atomic E-state index is 12.4. The van der Waals surface area contributed by atoms with Crippen LogP contribution in [0.5, 0.6) is 0 Å². The molecule has 0 saturated carbocycles. The maximum absolute atomic E-state index is 12.4. The molecule has 1 heterocycles. The average Bonchev–Trinajstić information content (AvgIpc) is 2.33. The smallest absolute Gasteiger partial charge is 0.328 e. The fraction of sp³-hybridized carbons (Fsp3) is 0.545. The Morgan fingerprint density at radius 3 is 2.61 bits per heavy atom. The van der Waals surface area contributed by atoms with Gasteiger partial charge in [-0.15, -0.1) is 0 Å². The van der Waals surface area contributed by atoms with E-state index in [4.69, 9.17) is 0 Å². The number of hydrogen-bond acceptors (Lipinski definition) is 3. The number of halogens is 3. The van der Waals surface area contributed by atoms with Crippen LogP contribution < -0.4 is 0 Å². The van der Waals surface area contributed by atoms with Crippen molar-refractivity contribution in [2.24, 2.45) is 0 Å². The van der Waals surface area contributed by atoms with Gasteiger partial charge in [0.15, 0.2) is 0 Å². The van der Waals surface area contributed by atoms with Gasteiger partial charge in [0.2, 0.25) is 0 Å². The first-order chi connectivity index (χ1) is 8.44. The minimum absolute atomic E-state index is 0.0609. The summed E-state index contributed by atoms with van der Waals surface area (Å²) in [5.74, 6) is -0.742. The molecule has 1 aromatic heterocycles. The number of nitrogens with zero attached hydrogens (tertiary/aromatic N) is 3. The van der Waals surface area contributed by atoms with Crippen LogP contribution in [0.3, 0.4) is 0 Å². The molecule has 0 saturated heterocycles. The van der Waals surface area contributed by atoms with Crippen molar-refractivity contribution in [2.45, 2.75) is 25.9 Å². The normalized spacial score (nSPS) is 11.3. The van der Waals surface area contributed by atoms with E-state index >= 15 is 0 Å².